The highest BCUT2D eigenvalue weighted by molar-refractivity contribution is 6.09. The standard InChI is InChI=1S/C22H23F2N3O3/c1-2-3-12-22(16-6-10-18(24)11-7-16)20(29)27(21(30)26-22)14-19(28)25-13-15-4-8-17(23)9-5-15/h4-11H,2-3,12-14H2,1H3,(H,25,28)(H,26,30)/t22-/m1/s1. The van der Waals surface area contributed by atoms with E-state index in [9.17, 15) is 23.2 Å². The average molecular weight is 415 g/mol. The first kappa shape index (κ1) is 21.4. The number of urea groups is 1. The van der Waals surface area contributed by atoms with Gasteiger partial charge in [0.25, 0.3) is 5.91 Å². The summed E-state index contributed by atoms with van der Waals surface area (Å²) in [5.74, 6) is -1.88. The Bertz CT molecular complexity index is 932. The fourth-order valence-electron chi connectivity index (χ4n) is 3.46. The molecule has 0 unspecified atom stereocenters. The Kier molecular flexibility index (Phi) is 6.44. The highest BCUT2D eigenvalue weighted by Crippen LogP contribution is 2.34. The Morgan fingerprint density at radius 3 is 2.23 bits per heavy atom. The zero-order valence-electron chi connectivity index (χ0n) is 16.6. The van der Waals surface area contributed by atoms with Gasteiger partial charge in [-0.2, -0.15) is 0 Å². The largest absolute Gasteiger partial charge is 0.350 e. The Hall–Kier alpha value is -3.29. The minimum absolute atomic E-state index is 0.141. The van der Waals surface area contributed by atoms with E-state index in [0.29, 0.717) is 24.0 Å². The maximum Gasteiger partial charge on any atom is 0.325 e. The second-order valence-corrected chi connectivity index (χ2v) is 7.24. The van der Waals surface area contributed by atoms with Crippen LogP contribution in [-0.4, -0.2) is 29.3 Å². The maximum atomic E-state index is 13.4. The van der Waals surface area contributed by atoms with Crippen LogP contribution in [0.4, 0.5) is 13.6 Å². The second-order valence-electron chi connectivity index (χ2n) is 7.24. The van der Waals surface area contributed by atoms with Crippen LogP contribution in [0.15, 0.2) is 48.5 Å². The van der Waals surface area contributed by atoms with Crippen molar-refractivity contribution in [2.24, 2.45) is 0 Å². The molecule has 1 aliphatic heterocycles. The molecule has 2 N–H and O–H groups in total. The fourth-order valence-corrected chi connectivity index (χ4v) is 3.46. The summed E-state index contributed by atoms with van der Waals surface area (Å²) in [5, 5.41) is 5.34. The number of unbranched alkanes of at least 4 members (excludes halogenated alkanes) is 1. The van der Waals surface area contributed by atoms with Gasteiger partial charge in [-0.15, -0.1) is 0 Å². The lowest BCUT2D eigenvalue weighted by Crippen LogP contribution is -2.45. The average Bonchev–Trinajstić information content (AvgIpc) is 2.97. The van der Waals surface area contributed by atoms with Crippen molar-refractivity contribution in [1.29, 1.82) is 0 Å². The number of nitrogens with one attached hydrogen (secondary N) is 2. The number of imide groups is 1. The summed E-state index contributed by atoms with van der Waals surface area (Å²) >= 11 is 0. The predicted molar refractivity (Wildman–Crippen MR) is 106 cm³/mol. The molecule has 6 nitrogen and oxygen atoms in total. The Morgan fingerprint density at radius 2 is 1.63 bits per heavy atom. The van der Waals surface area contributed by atoms with Crippen molar-refractivity contribution >= 4 is 17.8 Å². The summed E-state index contributed by atoms with van der Waals surface area (Å²) in [5.41, 5.74) is -0.159. The fraction of sp³-hybridized carbons (Fsp3) is 0.318. The van der Waals surface area contributed by atoms with E-state index in [4.69, 9.17) is 0 Å². The van der Waals surface area contributed by atoms with Crippen molar-refractivity contribution in [3.05, 3.63) is 71.3 Å². The van der Waals surface area contributed by atoms with Gasteiger partial charge in [0, 0.05) is 6.54 Å². The zero-order chi connectivity index (χ0) is 21.7. The number of hydrogen-bond acceptors (Lipinski definition) is 3. The van der Waals surface area contributed by atoms with Crippen LogP contribution in [0, 0.1) is 11.6 Å². The minimum Gasteiger partial charge on any atom is -0.350 e. The number of carbonyl (C=O) groups is 3. The summed E-state index contributed by atoms with van der Waals surface area (Å²) in [7, 11) is 0. The molecular formula is C22H23F2N3O3. The number of carbonyl (C=O) groups excluding carboxylic acids is 3. The van der Waals surface area contributed by atoms with Gasteiger partial charge in [0.15, 0.2) is 0 Å². The molecule has 158 valence electrons. The quantitative estimate of drug-likeness (QED) is 0.650. The Labute approximate surface area is 173 Å². The van der Waals surface area contributed by atoms with Gasteiger partial charge in [-0.25, -0.2) is 13.6 Å². The lowest BCUT2D eigenvalue weighted by Gasteiger charge is -2.27. The van der Waals surface area contributed by atoms with Crippen molar-refractivity contribution in [2.45, 2.75) is 38.3 Å². The molecule has 0 spiro atoms. The van der Waals surface area contributed by atoms with E-state index >= 15 is 0 Å². The SMILES string of the molecule is CCCC[C@]1(c2ccc(F)cc2)NC(=O)N(CC(=O)NCc2ccc(F)cc2)C1=O. The monoisotopic (exact) mass is 415 g/mol. The first-order chi connectivity index (χ1) is 14.4. The van der Waals surface area contributed by atoms with Gasteiger partial charge in [0.1, 0.15) is 23.7 Å². The lowest BCUT2D eigenvalue weighted by atomic mass is 9.85. The van der Waals surface area contributed by atoms with Gasteiger partial charge >= 0.3 is 6.03 Å². The molecule has 0 saturated carbocycles. The lowest BCUT2D eigenvalue weighted by molar-refractivity contribution is -0.135. The van der Waals surface area contributed by atoms with Crippen LogP contribution in [0.5, 0.6) is 0 Å². The molecule has 1 heterocycles. The molecule has 30 heavy (non-hydrogen) atoms. The molecule has 4 amide bonds. The van der Waals surface area contributed by atoms with Crippen LogP contribution in [0.25, 0.3) is 0 Å². The van der Waals surface area contributed by atoms with Gasteiger partial charge in [-0.05, 0) is 41.8 Å². The second kappa shape index (κ2) is 9.02. The van der Waals surface area contributed by atoms with E-state index in [1.165, 1.54) is 48.5 Å². The van der Waals surface area contributed by atoms with Gasteiger partial charge in [-0.3, -0.25) is 14.5 Å². The highest BCUT2D eigenvalue weighted by atomic mass is 19.1. The van der Waals surface area contributed by atoms with Crippen LogP contribution >= 0.6 is 0 Å². The molecule has 0 aliphatic carbocycles. The molecule has 2 aromatic carbocycles. The molecule has 3 rings (SSSR count). The summed E-state index contributed by atoms with van der Waals surface area (Å²) in [6.45, 7) is 1.66. The third-order valence-corrected chi connectivity index (χ3v) is 5.12. The number of rotatable bonds is 8. The minimum atomic E-state index is -1.32. The molecule has 1 saturated heterocycles. The van der Waals surface area contributed by atoms with Crippen molar-refractivity contribution < 1.29 is 23.2 Å². The number of amides is 4. The van der Waals surface area contributed by atoms with Gasteiger partial charge in [0.2, 0.25) is 5.91 Å². The van der Waals surface area contributed by atoms with Crippen LogP contribution < -0.4 is 10.6 Å². The highest BCUT2D eigenvalue weighted by Gasteiger charge is 2.52. The summed E-state index contributed by atoms with van der Waals surface area (Å²) < 4.78 is 26.3. The Balaban J connectivity index is 1.73. The van der Waals surface area contributed by atoms with E-state index < -0.39 is 35.7 Å². The number of hydrogen-bond donors (Lipinski definition) is 2. The van der Waals surface area contributed by atoms with E-state index in [0.717, 1.165) is 11.3 Å². The molecule has 1 atom stereocenters. The summed E-state index contributed by atoms with van der Waals surface area (Å²) in [6, 6.07) is 10.4. The van der Waals surface area contributed by atoms with Crippen molar-refractivity contribution in [1.82, 2.24) is 15.5 Å². The summed E-state index contributed by atoms with van der Waals surface area (Å²) in [4.78, 5) is 39.0. The molecule has 1 fully saturated rings. The van der Waals surface area contributed by atoms with Gasteiger partial charge < -0.3 is 10.6 Å². The summed E-state index contributed by atoms with van der Waals surface area (Å²) in [6.07, 6.45) is 1.80. The van der Waals surface area contributed by atoms with Crippen LogP contribution in [0.1, 0.15) is 37.3 Å². The van der Waals surface area contributed by atoms with E-state index in [2.05, 4.69) is 10.6 Å². The number of benzene rings is 2. The van der Waals surface area contributed by atoms with Crippen molar-refractivity contribution in [3.63, 3.8) is 0 Å². The Morgan fingerprint density at radius 1 is 1.03 bits per heavy atom. The third-order valence-electron chi connectivity index (χ3n) is 5.12. The molecule has 0 aromatic heterocycles. The first-order valence-electron chi connectivity index (χ1n) is 9.77. The van der Waals surface area contributed by atoms with Gasteiger partial charge in [-0.1, -0.05) is 44.0 Å². The van der Waals surface area contributed by atoms with E-state index in [1.807, 2.05) is 6.92 Å². The van der Waals surface area contributed by atoms with Crippen LogP contribution in [-0.2, 0) is 21.7 Å². The number of nitrogens with zero attached hydrogens (tertiary/aromatic N) is 1. The molecule has 1 aliphatic rings. The smallest absolute Gasteiger partial charge is 0.325 e. The van der Waals surface area contributed by atoms with Crippen LogP contribution in [0.3, 0.4) is 0 Å². The van der Waals surface area contributed by atoms with Crippen molar-refractivity contribution in [2.75, 3.05) is 6.54 Å². The van der Waals surface area contributed by atoms with E-state index in [-0.39, 0.29) is 12.4 Å². The molecule has 8 heteroatoms. The number of halogens is 2. The van der Waals surface area contributed by atoms with Crippen molar-refractivity contribution in [3.8, 4) is 0 Å². The normalized spacial score (nSPS) is 18.4. The molecule has 2 aromatic rings. The predicted octanol–water partition coefficient (Wildman–Crippen LogP) is 3.22. The van der Waals surface area contributed by atoms with Gasteiger partial charge in [0.05, 0.1) is 0 Å². The van der Waals surface area contributed by atoms with Crippen LogP contribution in [0.2, 0.25) is 0 Å². The molecular weight excluding hydrogens is 392 g/mol. The maximum absolute atomic E-state index is 13.4. The van der Waals surface area contributed by atoms with E-state index in [1.54, 1.807) is 0 Å². The zero-order valence-corrected chi connectivity index (χ0v) is 16.6. The topological polar surface area (TPSA) is 78.5 Å². The molecule has 0 bridgehead atoms. The molecule has 0 radical (unpaired) electrons. The third kappa shape index (κ3) is 4.48. The first-order valence-corrected chi connectivity index (χ1v) is 9.77.